The Morgan fingerprint density at radius 2 is 2.18 bits per heavy atom. The molecule has 1 aliphatic carbocycles. The molecule has 7 heteroatoms. The van der Waals surface area contributed by atoms with Gasteiger partial charge in [0.25, 0.3) is 0 Å². The second-order valence-electron chi connectivity index (χ2n) is 6.02. The third kappa shape index (κ3) is 3.97. The number of hydrogen-bond acceptors (Lipinski definition) is 5. The van der Waals surface area contributed by atoms with E-state index < -0.39 is 10.0 Å². The molecule has 0 amide bonds. The zero-order valence-corrected chi connectivity index (χ0v) is 13.7. The standard InChI is InChI=1S/C15H23N3O3S/c1-2-21-15-6-3-12(9-16-15)10-18-8-7-13(11-18)17-22(19,20)14-4-5-14/h3,6,9,13-14,17H,2,4-5,7-8,10-11H2,1H3/t13-/m1/s1. The van der Waals surface area contributed by atoms with Crippen LogP contribution in [0.1, 0.15) is 31.7 Å². The lowest BCUT2D eigenvalue weighted by Crippen LogP contribution is -2.38. The maximum atomic E-state index is 12.0. The molecule has 1 aromatic heterocycles. The van der Waals surface area contributed by atoms with Gasteiger partial charge >= 0.3 is 0 Å². The molecule has 1 atom stereocenters. The Labute approximate surface area is 131 Å². The predicted octanol–water partition coefficient (Wildman–Crippen LogP) is 1.14. The fraction of sp³-hybridized carbons (Fsp3) is 0.667. The molecule has 122 valence electrons. The molecule has 6 nitrogen and oxygen atoms in total. The number of likely N-dealkylation sites (tertiary alicyclic amines) is 1. The minimum absolute atomic E-state index is 0.0428. The van der Waals surface area contributed by atoms with Gasteiger partial charge in [0.15, 0.2) is 0 Å². The normalized spacial score (nSPS) is 22.9. The number of nitrogens with zero attached hydrogens (tertiary/aromatic N) is 2. The molecular formula is C15H23N3O3S. The molecule has 1 N–H and O–H groups in total. The van der Waals surface area contributed by atoms with Gasteiger partial charge in [-0.25, -0.2) is 18.1 Å². The highest BCUT2D eigenvalue weighted by atomic mass is 32.2. The molecule has 1 saturated heterocycles. The lowest BCUT2D eigenvalue weighted by Gasteiger charge is -2.16. The molecule has 3 rings (SSSR count). The second-order valence-corrected chi connectivity index (χ2v) is 8.01. The SMILES string of the molecule is CCOc1ccc(CN2CC[C@@H](NS(=O)(=O)C3CC3)C2)cn1. The summed E-state index contributed by atoms with van der Waals surface area (Å²) in [5.41, 5.74) is 1.12. The Morgan fingerprint density at radius 1 is 1.36 bits per heavy atom. The summed E-state index contributed by atoms with van der Waals surface area (Å²) in [6.45, 7) is 5.01. The van der Waals surface area contributed by atoms with E-state index >= 15 is 0 Å². The molecule has 1 aliphatic heterocycles. The minimum Gasteiger partial charge on any atom is -0.478 e. The van der Waals surface area contributed by atoms with Gasteiger partial charge in [0, 0.05) is 37.9 Å². The quantitative estimate of drug-likeness (QED) is 0.814. The Hall–Kier alpha value is -1.18. The molecule has 22 heavy (non-hydrogen) atoms. The van der Waals surface area contributed by atoms with Gasteiger partial charge in [0.05, 0.1) is 11.9 Å². The third-order valence-electron chi connectivity index (χ3n) is 4.06. The summed E-state index contributed by atoms with van der Waals surface area (Å²) in [6.07, 6.45) is 4.32. The van der Waals surface area contributed by atoms with E-state index in [2.05, 4.69) is 14.6 Å². The van der Waals surface area contributed by atoms with E-state index in [0.717, 1.165) is 44.5 Å². The highest BCUT2D eigenvalue weighted by Crippen LogP contribution is 2.28. The van der Waals surface area contributed by atoms with Crippen LogP contribution < -0.4 is 9.46 Å². The van der Waals surface area contributed by atoms with E-state index in [-0.39, 0.29) is 11.3 Å². The van der Waals surface area contributed by atoms with Crippen LogP contribution >= 0.6 is 0 Å². The third-order valence-corrected chi connectivity index (χ3v) is 6.07. The van der Waals surface area contributed by atoms with Gasteiger partial charge in [0.2, 0.25) is 15.9 Å². The molecule has 0 radical (unpaired) electrons. The molecule has 0 aromatic carbocycles. The van der Waals surface area contributed by atoms with Gasteiger partial charge in [-0.3, -0.25) is 4.90 Å². The van der Waals surface area contributed by atoms with E-state index in [1.54, 1.807) is 0 Å². The Bertz CT molecular complexity index is 599. The van der Waals surface area contributed by atoms with Gasteiger partial charge in [-0.1, -0.05) is 6.07 Å². The van der Waals surface area contributed by atoms with Crippen molar-refractivity contribution in [3.63, 3.8) is 0 Å². The van der Waals surface area contributed by atoms with Gasteiger partial charge in [-0.2, -0.15) is 0 Å². The van der Waals surface area contributed by atoms with Crippen molar-refractivity contribution in [2.24, 2.45) is 0 Å². The van der Waals surface area contributed by atoms with Crippen LogP contribution in [-0.4, -0.2) is 49.3 Å². The van der Waals surface area contributed by atoms with Crippen LogP contribution in [0.2, 0.25) is 0 Å². The molecule has 0 unspecified atom stereocenters. The fourth-order valence-electron chi connectivity index (χ4n) is 2.78. The van der Waals surface area contributed by atoms with Crippen molar-refractivity contribution in [1.29, 1.82) is 0 Å². The van der Waals surface area contributed by atoms with Crippen molar-refractivity contribution in [3.8, 4) is 5.88 Å². The maximum Gasteiger partial charge on any atom is 0.214 e. The summed E-state index contributed by atoms with van der Waals surface area (Å²) >= 11 is 0. The zero-order chi connectivity index (χ0) is 15.6. The van der Waals surface area contributed by atoms with Crippen LogP contribution in [0.15, 0.2) is 18.3 Å². The summed E-state index contributed by atoms with van der Waals surface area (Å²) < 4.78 is 32.1. The van der Waals surface area contributed by atoms with E-state index in [4.69, 9.17) is 4.74 Å². The summed E-state index contributed by atoms with van der Waals surface area (Å²) in [4.78, 5) is 6.52. The number of sulfonamides is 1. The van der Waals surface area contributed by atoms with Crippen LogP contribution in [0.25, 0.3) is 0 Å². The number of nitrogens with one attached hydrogen (secondary N) is 1. The molecule has 0 bridgehead atoms. The largest absolute Gasteiger partial charge is 0.478 e. The molecular weight excluding hydrogens is 302 g/mol. The Morgan fingerprint density at radius 3 is 2.82 bits per heavy atom. The summed E-state index contributed by atoms with van der Waals surface area (Å²) in [7, 11) is -3.08. The molecule has 2 heterocycles. The van der Waals surface area contributed by atoms with Gasteiger partial charge in [-0.05, 0) is 31.7 Å². The van der Waals surface area contributed by atoms with E-state index in [1.807, 2.05) is 25.3 Å². The van der Waals surface area contributed by atoms with Crippen LogP contribution in [0.3, 0.4) is 0 Å². The van der Waals surface area contributed by atoms with Crippen LogP contribution in [0.4, 0.5) is 0 Å². The molecule has 1 saturated carbocycles. The van der Waals surface area contributed by atoms with Crippen molar-refractivity contribution in [3.05, 3.63) is 23.9 Å². The summed E-state index contributed by atoms with van der Waals surface area (Å²) in [6, 6.07) is 3.93. The average Bonchev–Trinajstić information content (AvgIpc) is 3.26. The van der Waals surface area contributed by atoms with Crippen LogP contribution in [0, 0.1) is 0 Å². The van der Waals surface area contributed by atoms with E-state index in [0.29, 0.717) is 12.5 Å². The van der Waals surface area contributed by atoms with E-state index in [1.165, 1.54) is 0 Å². The summed E-state index contributed by atoms with van der Waals surface area (Å²) in [5.74, 6) is 0.641. The topological polar surface area (TPSA) is 71.5 Å². The first kappa shape index (κ1) is 15.7. The number of hydrogen-bond donors (Lipinski definition) is 1. The molecule has 2 fully saturated rings. The molecule has 0 spiro atoms. The number of ether oxygens (including phenoxy) is 1. The highest BCUT2D eigenvalue weighted by molar-refractivity contribution is 7.90. The number of rotatable bonds is 7. The van der Waals surface area contributed by atoms with Crippen LogP contribution in [0.5, 0.6) is 5.88 Å². The van der Waals surface area contributed by atoms with Gasteiger partial charge < -0.3 is 4.74 Å². The molecule has 2 aliphatic rings. The van der Waals surface area contributed by atoms with Crippen LogP contribution in [-0.2, 0) is 16.6 Å². The maximum absolute atomic E-state index is 12.0. The first-order chi connectivity index (χ1) is 10.6. The van der Waals surface area contributed by atoms with Crippen molar-refractivity contribution in [2.75, 3.05) is 19.7 Å². The van der Waals surface area contributed by atoms with E-state index in [9.17, 15) is 8.42 Å². The first-order valence-corrected chi connectivity index (χ1v) is 9.42. The highest BCUT2D eigenvalue weighted by Gasteiger charge is 2.38. The Kier molecular flexibility index (Phi) is 4.65. The lowest BCUT2D eigenvalue weighted by molar-refractivity contribution is 0.318. The second kappa shape index (κ2) is 6.52. The minimum atomic E-state index is -3.08. The number of pyridine rings is 1. The van der Waals surface area contributed by atoms with Gasteiger partial charge in [-0.15, -0.1) is 0 Å². The predicted molar refractivity (Wildman–Crippen MR) is 84.2 cm³/mol. The van der Waals surface area contributed by atoms with Crippen molar-refractivity contribution < 1.29 is 13.2 Å². The van der Waals surface area contributed by atoms with Crippen molar-refractivity contribution in [2.45, 2.75) is 44.0 Å². The first-order valence-electron chi connectivity index (χ1n) is 7.88. The summed E-state index contributed by atoms with van der Waals surface area (Å²) in [5, 5.41) is -0.142. The smallest absolute Gasteiger partial charge is 0.214 e. The zero-order valence-electron chi connectivity index (χ0n) is 12.9. The Balaban J connectivity index is 1.50. The fourth-order valence-corrected chi connectivity index (χ4v) is 4.38. The number of aromatic nitrogens is 1. The monoisotopic (exact) mass is 325 g/mol. The average molecular weight is 325 g/mol. The molecule has 1 aromatic rings. The lowest BCUT2D eigenvalue weighted by atomic mass is 10.2. The van der Waals surface area contributed by atoms with Gasteiger partial charge in [0.1, 0.15) is 0 Å². The van der Waals surface area contributed by atoms with Crippen molar-refractivity contribution >= 4 is 10.0 Å². The van der Waals surface area contributed by atoms with Crippen molar-refractivity contribution in [1.82, 2.24) is 14.6 Å².